The van der Waals surface area contributed by atoms with Crippen LogP contribution in [-0.2, 0) is 6.42 Å². The van der Waals surface area contributed by atoms with Crippen LogP contribution in [0, 0.1) is 0 Å². The van der Waals surface area contributed by atoms with Gasteiger partial charge in [0.25, 0.3) is 5.91 Å². The van der Waals surface area contributed by atoms with Gasteiger partial charge in [-0.15, -0.1) is 0 Å². The molecule has 1 aliphatic rings. The maximum atomic E-state index is 12.6. The Bertz CT molecular complexity index is 667. The van der Waals surface area contributed by atoms with Crippen LogP contribution in [0.1, 0.15) is 15.9 Å². The second-order valence-electron chi connectivity index (χ2n) is 4.72. The number of phenols is 1. The smallest absolute Gasteiger partial charge is 0.262 e. The quantitative estimate of drug-likeness (QED) is 0.911. The molecule has 2 aromatic carbocycles. The largest absolute Gasteiger partial charge is 0.507 e. The molecule has 102 valence electrons. The van der Waals surface area contributed by atoms with Gasteiger partial charge in [-0.2, -0.15) is 0 Å². The van der Waals surface area contributed by atoms with E-state index in [1.165, 1.54) is 13.2 Å². The van der Waals surface area contributed by atoms with Crippen LogP contribution < -0.4 is 9.64 Å². The summed E-state index contributed by atoms with van der Waals surface area (Å²) in [6.45, 7) is 0.643. The first-order chi connectivity index (χ1) is 9.70. The number of fused-ring (bicyclic) bond motifs is 1. The average Bonchev–Trinajstić information content (AvgIpc) is 2.90. The van der Waals surface area contributed by atoms with E-state index in [-0.39, 0.29) is 11.7 Å². The number of carbonyl (C=O) groups is 1. The van der Waals surface area contributed by atoms with Crippen molar-refractivity contribution < 1.29 is 14.6 Å². The summed E-state index contributed by atoms with van der Waals surface area (Å²) in [5, 5.41) is 9.97. The monoisotopic (exact) mass is 269 g/mol. The summed E-state index contributed by atoms with van der Waals surface area (Å²) in [5.74, 6) is 0.287. The summed E-state index contributed by atoms with van der Waals surface area (Å²) in [4.78, 5) is 14.3. The van der Waals surface area contributed by atoms with E-state index in [1.54, 1.807) is 17.0 Å². The lowest BCUT2D eigenvalue weighted by molar-refractivity contribution is 0.0987. The van der Waals surface area contributed by atoms with Gasteiger partial charge in [0.05, 0.1) is 12.7 Å². The third-order valence-electron chi connectivity index (χ3n) is 3.57. The van der Waals surface area contributed by atoms with Crippen LogP contribution in [0.2, 0.25) is 0 Å². The van der Waals surface area contributed by atoms with E-state index in [9.17, 15) is 9.90 Å². The van der Waals surface area contributed by atoms with E-state index in [1.807, 2.05) is 24.3 Å². The minimum atomic E-state index is -0.185. The lowest BCUT2D eigenvalue weighted by atomic mass is 10.1. The molecule has 3 rings (SSSR count). The van der Waals surface area contributed by atoms with E-state index >= 15 is 0 Å². The van der Waals surface area contributed by atoms with Crippen LogP contribution in [0.25, 0.3) is 0 Å². The Morgan fingerprint density at radius 1 is 1.25 bits per heavy atom. The summed E-state index contributed by atoms with van der Waals surface area (Å²) in [6, 6.07) is 12.6. The third-order valence-corrected chi connectivity index (χ3v) is 3.57. The summed E-state index contributed by atoms with van der Waals surface area (Å²) < 4.78 is 5.03. The standard InChI is InChI=1S/C16H15NO3/c1-20-12-6-7-13(15(18)10-12)16(19)17-9-8-11-4-2-3-5-14(11)17/h2-7,10,18H,8-9H2,1H3. The van der Waals surface area contributed by atoms with E-state index in [0.717, 1.165) is 17.7 Å². The minimum absolute atomic E-state index is 0.0567. The molecular weight excluding hydrogens is 254 g/mol. The molecule has 4 nitrogen and oxygen atoms in total. The number of ether oxygens (including phenoxy) is 1. The Kier molecular flexibility index (Phi) is 3.06. The molecular formula is C16H15NO3. The molecule has 0 saturated heterocycles. The molecule has 0 bridgehead atoms. The van der Waals surface area contributed by atoms with Crippen LogP contribution in [0.15, 0.2) is 42.5 Å². The highest BCUT2D eigenvalue weighted by Crippen LogP contribution is 2.31. The third kappa shape index (κ3) is 1.99. The molecule has 1 aliphatic heterocycles. The van der Waals surface area contributed by atoms with Crippen molar-refractivity contribution in [2.75, 3.05) is 18.6 Å². The number of methoxy groups -OCH3 is 1. The fourth-order valence-electron chi connectivity index (χ4n) is 2.51. The number of hydrogen-bond acceptors (Lipinski definition) is 3. The van der Waals surface area contributed by atoms with Gasteiger partial charge in [0, 0.05) is 18.3 Å². The summed E-state index contributed by atoms with van der Waals surface area (Å²) in [6.07, 6.45) is 0.846. The summed E-state index contributed by atoms with van der Waals surface area (Å²) in [5.41, 5.74) is 2.38. The molecule has 0 atom stereocenters. The number of anilines is 1. The molecule has 20 heavy (non-hydrogen) atoms. The van der Waals surface area contributed by atoms with Crippen molar-refractivity contribution >= 4 is 11.6 Å². The zero-order valence-electron chi connectivity index (χ0n) is 11.2. The molecule has 0 spiro atoms. The predicted molar refractivity (Wildman–Crippen MR) is 76.5 cm³/mol. The van der Waals surface area contributed by atoms with Gasteiger partial charge >= 0.3 is 0 Å². The van der Waals surface area contributed by atoms with Gasteiger partial charge in [0.1, 0.15) is 11.5 Å². The minimum Gasteiger partial charge on any atom is -0.507 e. The topological polar surface area (TPSA) is 49.8 Å². The van der Waals surface area contributed by atoms with Gasteiger partial charge < -0.3 is 14.7 Å². The van der Waals surface area contributed by atoms with Crippen molar-refractivity contribution in [3.8, 4) is 11.5 Å². The molecule has 0 aromatic heterocycles. The second kappa shape index (κ2) is 4.89. The molecule has 0 radical (unpaired) electrons. The van der Waals surface area contributed by atoms with Gasteiger partial charge in [-0.05, 0) is 30.2 Å². The van der Waals surface area contributed by atoms with E-state index < -0.39 is 0 Å². The Morgan fingerprint density at radius 2 is 2.05 bits per heavy atom. The number of para-hydroxylation sites is 1. The lowest BCUT2D eigenvalue weighted by Crippen LogP contribution is -2.28. The molecule has 0 fully saturated rings. The van der Waals surface area contributed by atoms with Crippen molar-refractivity contribution in [3.63, 3.8) is 0 Å². The number of nitrogens with zero attached hydrogens (tertiary/aromatic N) is 1. The molecule has 1 amide bonds. The van der Waals surface area contributed by atoms with E-state index in [2.05, 4.69) is 0 Å². The summed E-state index contributed by atoms with van der Waals surface area (Å²) in [7, 11) is 1.52. The number of hydrogen-bond donors (Lipinski definition) is 1. The highest BCUT2D eigenvalue weighted by Gasteiger charge is 2.26. The zero-order valence-corrected chi connectivity index (χ0v) is 11.2. The van der Waals surface area contributed by atoms with Crippen LogP contribution in [0.4, 0.5) is 5.69 Å². The zero-order chi connectivity index (χ0) is 14.1. The normalized spacial score (nSPS) is 13.2. The fraction of sp³-hybridized carbons (Fsp3) is 0.188. The molecule has 0 unspecified atom stereocenters. The number of amides is 1. The molecule has 2 aromatic rings. The molecule has 1 N–H and O–H groups in total. The molecule has 0 aliphatic carbocycles. The van der Waals surface area contributed by atoms with Gasteiger partial charge in [0.15, 0.2) is 0 Å². The van der Waals surface area contributed by atoms with Crippen LogP contribution in [-0.4, -0.2) is 24.7 Å². The van der Waals surface area contributed by atoms with Gasteiger partial charge in [-0.1, -0.05) is 18.2 Å². The van der Waals surface area contributed by atoms with Crippen molar-refractivity contribution in [2.45, 2.75) is 6.42 Å². The van der Waals surface area contributed by atoms with Crippen LogP contribution in [0.3, 0.4) is 0 Å². The first kappa shape index (κ1) is 12.5. The van der Waals surface area contributed by atoms with Crippen LogP contribution in [0.5, 0.6) is 11.5 Å². The lowest BCUT2D eigenvalue weighted by Gasteiger charge is -2.18. The van der Waals surface area contributed by atoms with Gasteiger partial charge in [-0.25, -0.2) is 0 Å². The Balaban J connectivity index is 1.95. The second-order valence-corrected chi connectivity index (χ2v) is 4.72. The van der Waals surface area contributed by atoms with Crippen molar-refractivity contribution in [3.05, 3.63) is 53.6 Å². The average molecular weight is 269 g/mol. The highest BCUT2D eigenvalue weighted by atomic mass is 16.5. The Labute approximate surface area is 117 Å². The summed E-state index contributed by atoms with van der Waals surface area (Å²) >= 11 is 0. The SMILES string of the molecule is COc1ccc(C(=O)N2CCc3ccccc32)c(O)c1. The van der Waals surface area contributed by atoms with Crippen LogP contribution >= 0.6 is 0 Å². The van der Waals surface area contributed by atoms with Crippen molar-refractivity contribution in [1.82, 2.24) is 0 Å². The number of carbonyl (C=O) groups excluding carboxylic acids is 1. The number of phenolic OH excluding ortho intramolecular Hbond substituents is 1. The van der Waals surface area contributed by atoms with Crippen molar-refractivity contribution in [1.29, 1.82) is 0 Å². The van der Waals surface area contributed by atoms with Gasteiger partial charge in [-0.3, -0.25) is 4.79 Å². The van der Waals surface area contributed by atoms with E-state index in [4.69, 9.17) is 4.74 Å². The van der Waals surface area contributed by atoms with Gasteiger partial charge in [0.2, 0.25) is 0 Å². The maximum Gasteiger partial charge on any atom is 0.262 e. The Morgan fingerprint density at radius 3 is 2.80 bits per heavy atom. The van der Waals surface area contributed by atoms with E-state index in [0.29, 0.717) is 17.9 Å². The molecule has 4 heteroatoms. The van der Waals surface area contributed by atoms with Crippen molar-refractivity contribution in [2.24, 2.45) is 0 Å². The number of benzene rings is 2. The molecule has 1 heterocycles. The first-order valence-electron chi connectivity index (χ1n) is 6.47. The number of rotatable bonds is 2. The maximum absolute atomic E-state index is 12.6. The highest BCUT2D eigenvalue weighted by molar-refractivity contribution is 6.09. The number of aromatic hydroxyl groups is 1. The Hall–Kier alpha value is -2.49. The molecule has 0 saturated carbocycles. The first-order valence-corrected chi connectivity index (χ1v) is 6.47. The fourth-order valence-corrected chi connectivity index (χ4v) is 2.51. The predicted octanol–water partition coefficient (Wildman–Crippen LogP) is 2.60.